The van der Waals surface area contributed by atoms with Gasteiger partial charge in [0.25, 0.3) is 0 Å². The third-order valence-corrected chi connectivity index (χ3v) is 4.36. The van der Waals surface area contributed by atoms with Crippen LogP contribution in [0.15, 0.2) is 12.1 Å². The van der Waals surface area contributed by atoms with E-state index in [1.807, 2.05) is 13.8 Å². The van der Waals surface area contributed by atoms with E-state index in [1.165, 1.54) is 4.68 Å². The van der Waals surface area contributed by atoms with E-state index >= 15 is 0 Å². The SMILES string of the molecule is Cc1nc(-c2nnn(C)c2CO)ccc1O[C@H](CF)CCCCC(=O)OC(C)C. The van der Waals surface area contributed by atoms with Crippen LogP contribution in [0.4, 0.5) is 4.39 Å². The van der Waals surface area contributed by atoms with Gasteiger partial charge in [0.2, 0.25) is 0 Å². The number of hydrogen-bond donors (Lipinski definition) is 1. The molecule has 0 aromatic carbocycles. The number of aryl methyl sites for hydroxylation is 2. The van der Waals surface area contributed by atoms with Gasteiger partial charge < -0.3 is 14.6 Å². The van der Waals surface area contributed by atoms with E-state index in [9.17, 15) is 14.3 Å². The maximum atomic E-state index is 13.4. The molecule has 8 nitrogen and oxygen atoms in total. The second-order valence-electron chi connectivity index (χ2n) is 7.13. The van der Waals surface area contributed by atoms with Crippen molar-refractivity contribution >= 4 is 5.97 Å². The van der Waals surface area contributed by atoms with Crippen LogP contribution >= 0.6 is 0 Å². The molecule has 2 rings (SSSR count). The van der Waals surface area contributed by atoms with Gasteiger partial charge in [-0.25, -0.2) is 14.1 Å². The monoisotopic (exact) mass is 408 g/mol. The number of ether oxygens (including phenoxy) is 2. The highest BCUT2D eigenvalue weighted by Gasteiger charge is 2.17. The Kier molecular flexibility index (Phi) is 8.50. The van der Waals surface area contributed by atoms with E-state index in [0.29, 0.717) is 54.2 Å². The van der Waals surface area contributed by atoms with Crippen LogP contribution in [0.2, 0.25) is 0 Å². The number of aliphatic hydroxyl groups excluding tert-OH is 1. The fourth-order valence-corrected chi connectivity index (χ4v) is 2.87. The number of esters is 1. The van der Waals surface area contributed by atoms with Crippen LogP contribution in [0.3, 0.4) is 0 Å². The lowest BCUT2D eigenvalue weighted by atomic mass is 10.1. The number of halogens is 1. The van der Waals surface area contributed by atoms with Crippen molar-refractivity contribution in [2.75, 3.05) is 6.67 Å². The molecule has 2 aromatic heterocycles. The molecule has 1 atom stereocenters. The summed E-state index contributed by atoms with van der Waals surface area (Å²) < 4.78 is 25.7. The van der Waals surface area contributed by atoms with Gasteiger partial charge in [-0.3, -0.25) is 4.79 Å². The van der Waals surface area contributed by atoms with Crippen LogP contribution < -0.4 is 4.74 Å². The smallest absolute Gasteiger partial charge is 0.306 e. The van der Waals surface area contributed by atoms with E-state index in [-0.39, 0.29) is 18.7 Å². The first-order valence-electron chi connectivity index (χ1n) is 9.75. The van der Waals surface area contributed by atoms with Crippen LogP contribution in [-0.2, 0) is 23.2 Å². The lowest BCUT2D eigenvalue weighted by Crippen LogP contribution is -2.20. The second kappa shape index (κ2) is 10.8. The average molecular weight is 408 g/mol. The minimum absolute atomic E-state index is 0.127. The number of alkyl halides is 1. The molecule has 0 fully saturated rings. The number of pyridine rings is 1. The first-order valence-corrected chi connectivity index (χ1v) is 9.75. The molecule has 0 amide bonds. The molecule has 0 aliphatic heterocycles. The van der Waals surface area contributed by atoms with E-state index in [4.69, 9.17) is 9.47 Å². The number of nitrogens with zero attached hydrogens (tertiary/aromatic N) is 4. The zero-order valence-corrected chi connectivity index (χ0v) is 17.4. The van der Waals surface area contributed by atoms with Gasteiger partial charge in [0.15, 0.2) is 0 Å². The predicted molar refractivity (Wildman–Crippen MR) is 105 cm³/mol. The van der Waals surface area contributed by atoms with Crippen LogP contribution in [0, 0.1) is 6.92 Å². The fraction of sp³-hybridized carbons (Fsp3) is 0.600. The molecule has 1 N–H and O–H groups in total. The zero-order valence-electron chi connectivity index (χ0n) is 17.4. The molecule has 0 unspecified atom stereocenters. The number of carbonyl (C=O) groups is 1. The topological polar surface area (TPSA) is 99.4 Å². The quantitative estimate of drug-likeness (QED) is 0.451. The summed E-state index contributed by atoms with van der Waals surface area (Å²) in [4.78, 5) is 16.0. The van der Waals surface area contributed by atoms with Crippen molar-refractivity contribution in [2.45, 2.75) is 65.3 Å². The minimum atomic E-state index is -0.629. The lowest BCUT2D eigenvalue weighted by molar-refractivity contribution is -0.147. The molecule has 2 heterocycles. The van der Waals surface area contributed by atoms with E-state index in [2.05, 4.69) is 15.3 Å². The molecule has 0 bridgehead atoms. The Balaban J connectivity index is 1.93. The summed E-state index contributed by atoms with van der Waals surface area (Å²) in [5, 5.41) is 17.4. The van der Waals surface area contributed by atoms with E-state index in [0.717, 1.165) is 0 Å². The Morgan fingerprint density at radius 2 is 2.07 bits per heavy atom. The van der Waals surface area contributed by atoms with Crippen molar-refractivity contribution in [1.29, 1.82) is 0 Å². The molecule has 0 spiro atoms. The van der Waals surface area contributed by atoms with Gasteiger partial charge in [-0.05, 0) is 52.2 Å². The van der Waals surface area contributed by atoms with Gasteiger partial charge >= 0.3 is 5.97 Å². The van der Waals surface area contributed by atoms with E-state index < -0.39 is 12.8 Å². The molecule has 0 radical (unpaired) electrons. The maximum absolute atomic E-state index is 13.4. The van der Waals surface area contributed by atoms with Crippen molar-refractivity contribution in [3.63, 3.8) is 0 Å². The third kappa shape index (κ3) is 6.49. The molecule has 0 saturated carbocycles. The highest BCUT2D eigenvalue weighted by Crippen LogP contribution is 2.25. The summed E-state index contributed by atoms with van der Waals surface area (Å²) in [6, 6.07) is 3.43. The van der Waals surface area contributed by atoms with Crippen LogP contribution in [0.5, 0.6) is 5.75 Å². The van der Waals surface area contributed by atoms with Crippen LogP contribution in [0.25, 0.3) is 11.4 Å². The van der Waals surface area contributed by atoms with Crippen molar-refractivity contribution < 1.29 is 23.8 Å². The molecular formula is C20H29FN4O4. The Morgan fingerprint density at radius 3 is 2.69 bits per heavy atom. The van der Waals surface area contributed by atoms with Crippen LogP contribution in [-0.4, -0.2) is 49.9 Å². The van der Waals surface area contributed by atoms with Gasteiger partial charge in [-0.2, -0.15) is 0 Å². The average Bonchev–Trinajstić information content (AvgIpc) is 3.05. The third-order valence-electron chi connectivity index (χ3n) is 4.36. The Hall–Kier alpha value is -2.55. The van der Waals surface area contributed by atoms with Crippen molar-refractivity contribution in [1.82, 2.24) is 20.0 Å². The first-order chi connectivity index (χ1) is 13.8. The summed E-state index contributed by atoms with van der Waals surface area (Å²) in [6.45, 7) is 4.55. The normalized spacial score (nSPS) is 12.2. The molecule has 160 valence electrons. The Bertz CT molecular complexity index is 810. The number of rotatable bonds is 11. The maximum Gasteiger partial charge on any atom is 0.306 e. The number of aliphatic hydroxyl groups is 1. The second-order valence-corrected chi connectivity index (χ2v) is 7.13. The number of aromatic nitrogens is 4. The van der Waals surface area contributed by atoms with Crippen molar-refractivity contribution in [3.05, 3.63) is 23.5 Å². The Morgan fingerprint density at radius 1 is 1.31 bits per heavy atom. The number of hydrogen-bond acceptors (Lipinski definition) is 7. The summed E-state index contributed by atoms with van der Waals surface area (Å²) in [6.07, 6.45) is 1.36. The van der Waals surface area contributed by atoms with Crippen LogP contribution in [0.1, 0.15) is 50.9 Å². The molecule has 0 aliphatic rings. The molecule has 9 heteroatoms. The lowest BCUT2D eigenvalue weighted by Gasteiger charge is -2.17. The summed E-state index contributed by atoms with van der Waals surface area (Å²) in [5.74, 6) is 0.254. The first kappa shape index (κ1) is 22.7. The highest BCUT2D eigenvalue weighted by molar-refractivity contribution is 5.69. The molecule has 0 saturated heterocycles. The van der Waals surface area contributed by atoms with Gasteiger partial charge in [0.05, 0.1) is 29.8 Å². The van der Waals surface area contributed by atoms with E-state index in [1.54, 1.807) is 26.1 Å². The standard InChI is InChI=1S/C20H29FN4O4/c1-13(2)28-19(27)8-6-5-7-15(11-21)29-18-10-9-16(22-14(18)3)20-17(12-26)25(4)24-23-20/h9-10,13,15,26H,5-8,11-12H2,1-4H3/t15-/m0/s1. The minimum Gasteiger partial charge on any atom is -0.486 e. The Labute approximate surface area is 170 Å². The highest BCUT2D eigenvalue weighted by atomic mass is 19.1. The number of unbranched alkanes of at least 4 members (excludes halogenated alkanes) is 1. The summed E-state index contributed by atoms with van der Waals surface area (Å²) >= 11 is 0. The summed E-state index contributed by atoms with van der Waals surface area (Å²) in [5.41, 5.74) is 2.21. The van der Waals surface area contributed by atoms with Crippen molar-refractivity contribution in [2.24, 2.45) is 7.05 Å². The summed E-state index contributed by atoms with van der Waals surface area (Å²) in [7, 11) is 1.70. The van der Waals surface area contributed by atoms with Gasteiger partial charge in [0.1, 0.15) is 24.2 Å². The molecular weight excluding hydrogens is 379 g/mol. The number of carbonyl (C=O) groups excluding carboxylic acids is 1. The van der Waals surface area contributed by atoms with Crippen molar-refractivity contribution in [3.8, 4) is 17.1 Å². The van der Waals surface area contributed by atoms with Gasteiger partial charge in [0, 0.05) is 13.5 Å². The largest absolute Gasteiger partial charge is 0.486 e. The fourth-order valence-electron chi connectivity index (χ4n) is 2.87. The molecule has 0 aliphatic carbocycles. The van der Waals surface area contributed by atoms with Gasteiger partial charge in [-0.1, -0.05) is 5.21 Å². The predicted octanol–water partition coefficient (Wildman–Crippen LogP) is 2.91. The zero-order chi connectivity index (χ0) is 21.4. The molecule has 2 aromatic rings. The molecule has 29 heavy (non-hydrogen) atoms. The van der Waals surface area contributed by atoms with Gasteiger partial charge in [-0.15, -0.1) is 5.10 Å².